The van der Waals surface area contributed by atoms with Crippen LogP contribution >= 0.6 is 0 Å². The number of likely N-dealkylation sites (tertiary alicyclic amines) is 1. The molecule has 2 aliphatic rings. The molecule has 0 amide bonds. The van der Waals surface area contributed by atoms with Crippen LogP contribution in [0.15, 0.2) is 66.7 Å². The van der Waals surface area contributed by atoms with Gasteiger partial charge in [0.2, 0.25) is 0 Å². The molecule has 0 bridgehead atoms. The molecular weight excluding hydrogens is 445 g/mol. The third-order valence-corrected chi connectivity index (χ3v) is 6.88. The van der Waals surface area contributed by atoms with E-state index in [-0.39, 0.29) is 30.2 Å². The highest BCUT2D eigenvalue weighted by Crippen LogP contribution is 2.47. The Bertz CT molecular complexity index is 1220. The van der Waals surface area contributed by atoms with Crippen LogP contribution in [-0.2, 0) is 0 Å². The van der Waals surface area contributed by atoms with Gasteiger partial charge in [-0.25, -0.2) is 0 Å². The predicted molar refractivity (Wildman–Crippen MR) is 135 cm³/mol. The number of nitrogens with zero attached hydrogens (tertiary/aromatic N) is 1. The molecule has 0 aromatic heterocycles. The third-order valence-electron chi connectivity index (χ3n) is 6.88. The van der Waals surface area contributed by atoms with E-state index >= 15 is 0 Å². The van der Waals surface area contributed by atoms with Gasteiger partial charge in [-0.15, -0.1) is 0 Å². The molecule has 1 fully saturated rings. The van der Waals surface area contributed by atoms with Crippen molar-refractivity contribution < 1.29 is 24.1 Å². The lowest BCUT2D eigenvalue weighted by atomic mass is 9.86. The second-order valence-corrected chi connectivity index (χ2v) is 9.29. The van der Waals surface area contributed by atoms with Gasteiger partial charge < -0.3 is 19.7 Å². The zero-order valence-electron chi connectivity index (χ0n) is 19.8. The third kappa shape index (κ3) is 4.98. The van der Waals surface area contributed by atoms with Gasteiger partial charge in [-0.2, -0.15) is 0 Å². The second-order valence-electron chi connectivity index (χ2n) is 9.29. The zero-order chi connectivity index (χ0) is 24.4. The zero-order valence-corrected chi connectivity index (χ0v) is 19.8. The van der Waals surface area contributed by atoms with Gasteiger partial charge in [0.05, 0.1) is 6.67 Å². The number of aromatic hydroxyl groups is 2. The minimum absolute atomic E-state index is 0.163. The molecule has 5 nitrogen and oxygen atoms in total. The van der Waals surface area contributed by atoms with Crippen LogP contribution in [-0.4, -0.2) is 48.0 Å². The summed E-state index contributed by atoms with van der Waals surface area (Å²) < 4.78 is 25.2. The van der Waals surface area contributed by atoms with E-state index in [2.05, 4.69) is 4.90 Å². The molecule has 2 atom stereocenters. The number of alkyl halides is 1. The largest absolute Gasteiger partial charge is 0.508 e. The quantitative estimate of drug-likeness (QED) is 0.450. The van der Waals surface area contributed by atoms with Crippen molar-refractivity contribution in [1.82, 2.24) is 4.90 Å². The number of allylic oxidation sites excluding steroid dienone is 1. The maximum Gasteiger partial charge on any atom is 0.150 e. The lowest BCUT2D eigenvalue weighted by molar-refractivity contribution is 0.228. The topological polar surface area (TPSA) is 62.2 Å². The summed E-state index contributed by atoms with van der Waals surface area (Å²) in [6.45, 7) is 4.85. The first-order valence-electron chi connectivity index (χ1n) is 12.0. The number of hydrogen-bond acceptors (Lipinski definition) is 5. The van der Waals surface area contributed by atoms with E-state index in [1.54, 1.807) is 30.3 Å². The molecule has 1 saturated heterocycles. The molecule has 3 aromatic rings. The van der Waals surface area contributed by atoms with Crippen molar-refractivity contribution in [2.24, 2.45) is 5.92 Å². The molecule has 182 valence electrons. The SMILES string of the molecule is CC1=C(c2cccc(O)c2)C(c2ccc(OCCN3CC[C@@H](CF)C3)cc2)Oc2ccc(O)cc21. The Morgan fingerprint density at radius 1 is 1.03 bits per heavy atom. The van der Waals surface area contributed by atoms with Gasteiger partial charge in [0.25, 0.3) is 0 Å². The van der Waals surface area contributed by atoms with Gasteiger partial charge in [0, 0.05) is 30.1 Å². The summed E-state index contributed by atoms with van der Waals surface area (Å²) in [4.78, 5) is 2.25. The smallest absolute Gasteiger partial charge is 0.150 e. The van der Waals surface area contributed by atoms with Crippen LogP contribution in [0.2, 0.25) is 0 Å². The summed E-state index contributed by atoms with van der Waals surface area (Å²) in [6.07, 6.45) is 0.536. The molecule has 6 heteroatoms. The van der Waals surface area contributed by atoms with Crippen molar-refractivity contribution in [3.8, 4) is 23.0 Å². The van der Waals surface area contributed by atoms with Crippen molar-refractivity contribution in [3.05, 3.63) is 83.4 Å². The van der Waals surface area contributed by atoms with Gasteiger partial charge >= 0.3 is 0 Å². The Balaban J connectivity index is 1.37. The summed E-state index contributed by atoms with van der Waals surface area (Å²) in [5.74, 6) is 2.00. The molecule has 2 aliphatic heterocycles. The maximum absolute atomic E-state index is 12.8. The number of benzene rings is 3. The molecule has 2 N–H and O–H groups in total. The molecule has 0 aliphatic carbocycles. The summed E-state index contributed by atoms with van der Waals surface area (Å²) in [7, 11) is 0. The van der Waals surface area contributed by atoms with E-state index in [0.29, 0.717) is 12.4 Å². The average Bonchev–Trinajstić information content (AvgIpc) is 3.33. The highest BCUT2D eigenvalue weighted by molar-refractivity contribution is 5.95. The van der Waals surface area contributed by atoms with Crippen LogP contribution in [0.25, 0.3) is 11.1 Å². The van der Waals surface area contributed by atoms with Crippen molar-refractivity contribution >= 4 is 11.1 Å². The first kappa shape index (κ1) is 23.2. The summed E-state index contributed by atoms with van der Waals surface area (Å²) in [6, 6.07) is 20.1. The second kappa shape index (κ2) is 10.0. The normalized spacial score (nSPS) is 19.9. The van der Waals surface area contributed by atoms with E-state index < -0.39 is 0 Å². The standard InChI is InChI=1S/C29H30FNO4/c1-19-26-16-24(33)7-10-27(26)35-29(28(19)22-3-2-4-23(32)15-22)21-5-8-25(9-6-21)34-14-13-31-12-11-20(17-30)18-31/h2-10,15-16,20,29,32-33H,11-14,17-18H2,1H3/t20-,29?/m0/s1. The number of halogens is 1. The fraction of sp³-hybridized carbons (Fsp3) is 0.310. The van der Waals surface area contributed by atoms with E-state index in [0.717, 1.165) is 59.6 Å². The fourth-order valence-corrected chi connectivity index (χ4v) is 4.99. The molecule has 0 spiro atoms. The van der Waals surface area contributed by atoms with Crippen molar-refractivity contribution in [1.29, 1.82) is 0 Å². The van der Waals surface area contributed by atoms with Gasteiger partial charge in [-0.1, -0.05) is 24.3 Å². The highest BCUT2D eigenvalue weighted by atomic mass is 19.1. The van der Waals surface area contributed by atoms with Gasteiger partial charge in [-0.3, -0.25) is 9.29 Å². The predicted octanol–water partition coefficient (Wildman–Crippen LogP) is 5.83. The maximum atomic E-state index is 12.8. The number of ether oxygens (including phenoxy) is 2. The summed E-state index contributed by atoms with van der Waals surface area (Å²) >= 11 is 0. The monoisotopic (exact) mass is 475 g/mol. The van der Waals surface area contributed by atoms with Crippen LogP contribution in [0.4, 0.5) is 4.39 Å². The van der Waals surface area contributed by atoms with E-state index in [9.17, 15) is 14.6 Å². The molecule has 0 radical (unpaired) electrons. The molecule has 0 saturated carbocycles. The minimum Gasteiger partial charge on any atom is -0.508 e. The Morgan fingerprint density at radius 2 is 1.83 bits per heavy atom. The first-order chi connectivity index (χ1) is 17.0. The summed E-state index contributed by atoms with van der Waals surface area (Å²) in [5.41, 5.74) is 4.56. The average molecular weight is 476 g/mol. The molecular formula is C29H30FNO4. The van der Waals surface area contributed by atoms with Crippen LogP contribution < -0.4 is 9.47 Å². The Labute approximate surface area is 205 Å². The lowest BCUT2D eigenvalue weighted by Gasteiger charge is -2.31. The molecule has 5 rings (SSSR count). The number of phenols is 2. The van der Waals surface area contributed by atoms with Gasteiger partial charge in [0.1, 0.15) is 35.7 Å². The molecule has 2 heterocycles. The van der Waals surface area contributed by atoms with E-state index in [1.165, 1.54) is 0 Å². The van der Waals surface area contributed by atoms with Gasteiger partial charge in [0.15, 0.2) is 0 Å². The van der Waals surface area contributed by atoms with Crippen LogP contribution in [0, 0.1) is 5.92 Å². The van der Waals surface area contributed by atoms with Gasteiger partial charge in [-0.05, 0) is 79.1 Å². The van der Waals surface area contributed by atoms with Crippen LogP contribution in [0.1, 0.15) is 36.1 Å². The molecule has 35 heavy (non-hydrogen) atoms. The number of rotatable bonds is 7. The lowest BCUT2D eigenvalue weighted by Crippen LogP contribution is -2.26. The molecule has 3 aromatic carbocycles. The first-order valence-corrected chi connectivity index (χ1v) is 12.0. The number of fused-ring (bicyclic) bond motifs is 1. The van der Waals surface area contributed by atoms with Crippen molar-refractivity contribution in [2.75, 3.05) is 32.9 Å². The Morgan fingerprint density at radius 3 is 2.57 bits per heavy atom. The van der Waals surface area contributed by atoms with Crippen molar-refractivity contribution in [3.63, 3.8) is 0 Å². The fourth-order valence-electron chi connectivity index (χ4n) is 4.99. The van der Waals surface area contributed by atoms with E-state index in [4.69, 9.17) is 9.47 Å². The molecule has 1 unspecified atom stereocenters. The Hall–Kier alpha value is -3.51. The summed E-state index contributed by atoms with van der Waals surface area (Å²) in [5, 5.41) is 20.1. The number of phenolic OH excluding ortho intramolecular Hbond substituents is 2. The van der Waals surface area contributed by atoms with Crippen molar-refractivity contribution in [2.45, 2.75) is 19.4 Å². The van der Waals surface area contributed by atoms with Crippen LogP contribution in [0.5, 0.6) is 23.0 Å². The minimum atomic E-state index is -0.384. The highest BCUT2D eigenvalue weighted by Gasteiger charge is 2.30. The van der Waals surface area contributed by atoms with Crippen LogP contribution in [0.3, 0.4) is 0 Å². The Kier molecular flexibility index (Phi) is 6.64. The van der Waals surface area contributed by atoms with E-state index in [1.807, 2.05) is 43.3 Å². The number of hydrogen-bond donors (Lipinski definition) is 2.